The number of tetrazole rings is 1. The summed E-state index contributed by atoms with van der Waals surface area (Å²) in [7, 11) is 0. The highest BCUT2D eigenvalue weighted by Gasteiger charge is 1.87. The zero-order chi connectivity index (χ0) is 5.82. The molecule has 0 aliphatic rings. The molecule has 0 aliphatic heterocycles. The summed E-state index contributed by atoms with van der Waals surface area (Å²) in [5, 5.41) is 15.4. The van der Waals surface area contributed by atoms with Crippen molar-refractivity contribution in [2.45, 2.75) is 0 Å². The van der Waals surface area contributed by atoms with Crippen LogP contribution < -0.4 is 5.32 Å². The van der Waals surface area contributed by atoms with E-state index >= 15 is 0 Å². The summed E-state index contributed by atoms with van der Waals surface area (Å²) < 4.78 is 0. The molecule has 0 spiro atoms. The van der Waals surface area contributed by atoms with Crippen LogP contribution in [0.4, 0.5) is 5.95 Å². The minimum atomic E-state index is 0. The van der Waals surface area contributed by atoms with Crippen LogP contribution in [0.1, 0.15) is 0 Å². The molecule has 0 bridgehead atoms. The Kier molecular flexibility index (Phi) is 3.29. The summed E-state index contributed by atoms with van der Waals surface area (Å²) in [6, 6.07) is 0. The van der Waals surface area contributed by atoms with E-state index in [1.54, 1.807) is 0 Å². The average molecular weight is 139 g/mol. The fourth-order valence-corrected chi connectivity index (χ4v) is 0.314. The van der Waals surface area contributed by atoms with Gasteiger partial charge in [0, 0.05) is 11.0 Å². The second kappa shape index (κ2) is 3.78. The predicted molar refractivity (Wildman–Crippen MR) is 33.8 cm³/mol. The van der Waals surface area contributed by atoms with Gasteiger partial charge >= 0.3 is 0 Å². The number of H-pyrrole nitrogens is 1. The zero-order valence-electron chi connectivity index (χ0n) is 4.63. The summed E-state index contributed by atoms with van der Waals surface area (Å²) in [6.45, 7) is 3.40. The van der Waals surface area contributed by atoms with Crippen LogP contribution in [-0.4, -0.2) is 31.6 Å². The Hall–Kier alpha value is -1.17. The van der Waals surface area contributed by atoms with Gasteiger partial charge in [0.2, 0.25) is 0 Å². The lowest BCUT2D eigenvalue weighted by Crippen LogP contribution is -1.87. The zero-order valence-corrected chi connectivity index (χ0v) is 5.63. The Morgan fingerprint density at radius 1 is 1.67 bits per heavy atom. The van der Waals surface area contributed by atoms with E-state index in [-0.39, 0.29) is 11.0 Å². The molecule has 9 heavy (non-hydrogen) atoms. The molecular formula is C3H5N5Si. The number of aromatic nitrogens is 4. The van der Waals surface area contributed by atoms with Gasteiger partial charge in [0.25, 0.3) is 5.95 Å². The molecule has 0 unspecified atom stereocenters. The normalized spacial score (nSPS) is 7.56. The first-order valence-electron chi connectivity index (χ1n) is 2.04. The van der Waals surface area contributed by atoms with E-state index in [1.165, 1.54) is 6.20 Å². The first-order valence-corrected chi connectivity index (χ1v) is 2.04. The van der Waals surface area contributed by atoms with Crippen molar-refractivity contribution in [3.8, 4) is 0 Å². The van der Waals surface area contributed by atoms with E-state index in [9.17, 15) is 0 Å². The first kappa shape index (κ1) is 7.83. The highest BCUT2D eigenvalue weighted by Crippen LogP contribution is 1.86. The number of hydrogen-bond acceptors (Lipinski definition) is 4. The van der Waals surface area contributed by atoms with Crippen molar-refractivity contribution in [2.75, 3.05) is 5.32 Å². The van der Waals surface area contributed by atoms with Gasteiger partial charge in [-0.25, -0.2) is 0 Å². The van der Waals surface area contributed by atoms with Crippen molar-refractivity contribution >= 4 is 16.9 Å². The van der Waals surface area contributed by atoms with E-state index in [0.717, 1.165) is 0 Å². The van der Waals surface area contributed by atoms with Crippen LogP contribution in [0.3, 0.4) is 0 Å². The molecule has 5 nitrogen and oxygen atoms in total. The van der Waals surface area contributed by atoms with Gasteiger partial charge in [-0.1, -0.05) is 11.7 Å². The van der Waals surface area contributed by atoms with E-state index < -0.39 is 0 Å². The standard InChI is InChI=1S/C3H5N5.Si/c1-2-4-3-5-7-8-6-3;/h2H,1H2,(H2,4,5,6,7,8);. The van der Waals surface area contributed by atoms with Crippen LogP contribution in [0, 0.1) is 0 Å². The molecule has 0 aromatic carbocycles. The summed E-state index contributed by atoms with van der Waals surface area (Å²) >= 11 is 0. The molecule has 4 radical (unpaired) electrons. The summed E-state index contributed by atoms with van der Waals surface area (Å²) in [6.07, 6.45) is 1.48. The Balaban J connectivity index is 0.000000640. The Morgan fingerprint density at radius 3 is 2.89 bits per heavy atom. The smallest absolute Gasteiger partial charge is 0.267 e. The summed E-state index contributed by atoms with van der Waals surface area (Å²) in [5.41, 5.74) is 0. The fraction of sp³-hybridized carbons (Fsp3) is 0. The maximum absolute atomic E-state index is 3.58. The molecule has 0 fully saturated rings. The molecular weight excluding hydrogens is 134 g/mol. The SMILES string of the molecule is C=CNc1nn[nH]n1.[Si]. The second-order valence-corrected chi connectivity index (χ2v) is 1.08. The second-order valence-electron chi connectivity index (χ2n) is 1.08. The van der Waals surface area contributed by atoms with Crippen molar-refractivity contribution in [1.82, 2.24) is 20.6 Å². The van der Waals surface area contributed by atoms with Gasteiger partial charge in [-0.15, -0.1) is 5.10 Å². The lowest BCUT2D eigenvalue weighted by atomic mass is 10.9. The molecule has 46 valence electrons. The maximum atomic E-state index is 3.58. The molecule has 0 saturated carbocycles. The third-order valence-electron chi connectivity index (χ3n) is 0.577. The molecule has 1 aromatic heterocycles. The highest BCUT2D eigenvalue weighted by molar-refractivity contribution is 5.75. The number of anilines is 1. The Labute approximate surface area is 56.6 Å². The van der Waals surface area contributed by atoms with Gasteiger partial charge in [0.1, 0.15) is 0 Å². The molecule has 1 rings (SSSR count). The van der Waals surface area contributed by atoms with Crippen LogP contribution >= 0.6 is 0 Å². The van der Waals surface area contributed by atoms with Gasteiger partial charge in [-0.2, -0.15) is 5.21 Å². The number of hydrogen-bond donors (Lipinski definition) is 2. The summed E-state index contributed by atoms with van der Waals surface area (Å²) in [5.74, 6) is 0.431. The van der Waals surface area contributed by atoms with Crippen molar-refractivity contribution in [2.24, 2.45) is 0 Å². The van der Waals surface area contributed by atoms with Crippen molar-refractivity contribution in [3.63, 3.8) is 0 Å². The van der Waals surface area contributed by atoms with E-state index in [0.29, 0.717) is 5.95 Å². The quantitative estimate of drug-likeness (QED) is 0.536. The van der Waals surface area contributed by atoms with Gasteiger partial charge in [-0.05, 0) is 11.4 Å². The Bertz CT molecular complexity index is 159. The van der Waals surface area contributed by atoms with Crippen LogP contribution in [0.2, 0.25) is 0 Å². The third-order valence-corrected chi connectivity index (χ3v) is 0.577. The minimum Gasteiger partial charge on any atom is -0.329 e. The van der Waals surface area contributed by atoms with Gasteiger partial charge in [0.05, 0.1) is 0 Å². The summed E-state index contributed by atoms with van der Waals surface area (Å²) in [4.78, 5) is 0. The van der Waals surface area contributed by atoms with E-state index in [4.69, 9.17) is 0 Å². The average Bonchev–Trinajstić information content (AvgIpc) is 2.19. The fourth-order valence-electron chi connectivity index (χ4n) is 0.314. The number of nitrogens with one attached hydrogen (secondary N) is 2. The van der Waals surface area contributed by atoms with Crippen LogP contribution in [0.5, 0.6) is 0 Å². The topological polar surface area (TPSA) is 66.5 Å². The predicted octanol–water partition coefficient (Wildman–Crippen LogP) is -0.626. The maximum Gasteiger partial charge on any atom is 0.267 e. The molecule has 1 heterocycles. The van der Waals surface area contributed by atoms with Gasteiger partial charge < -0.3 is 5.32 Å². The van der Waals surface area contributed by atoms with Gasteiger partial charge in [-0.3, -0.25) is 0 Å². The monoisotopic (exact) mass is 139 g/mol. The number of nitrogens with zero attached hydrogens (tertiary/aromatic N) is 3. The van der Waals surface area contributed by atoms with E-state index in [2.05, 4.69) is 32.5 Å². The van der Waals surface area contributed by atoms with E-state index in [1.807, 2.05) is 0 Å². The Morgan fingerprint density at radius 2 is 2.44 bits per heavy atom. The third kappa shape index (κ3) is 2.04. The molecule has 0 saturated heterocycles. The molecule has 1 aromatic rings. The molecule has 2 N–H and O–H groups in total. The van der Waals surface area contributed by atoms with Crippen molar-refractivity contribution in [3.05, 3.63) is 12.8 Å². The highest BCUT2D eigenvalue weighted by atomic mass is 28.1. The lowest BCUT2D eigenvalue weighted by molar-refractivity contribution is 0.881. The number of aromatic amines is 1. The molecule has 0 amide bonds. The largest absolute Gasteiger partial charge is 0.329 e. The van der Waals surface area contributed by atoms with Crippen molar-refractivity contribution in [1.29, 1.82) is 0 Å². The van der Waals surface area contributed by atoms with Crippen LogP contribution in [0.25, 0.3) is 0 Å². The molecule has 0 atom stereocenters. The van der Waals surface area contributed by atoms with Crippen LogP contribution in [-0.2, 0) is 0 Å². The van der Waals surface area contributed by atoms with Crippen LogP contribution in [0.15, 0.2) is 12.8 Å². The first-order chi connectivity index (χ1) is 3.93. The number of rotatable bonds is 2. The van der Waals surface area contributed by atoms with Gasteiger partial charge in [0.15, 0.2) is 0 Å². The lowest BCUT2D eigenvalue weighted by Gasteiger charge is -1.83. The molecule has 0 aliphatic carbocycles. The van der Waals surface area contributed by atoms with Crippen molar-refractivity contribution < 1.29 is 0 Å². The molecule has 6 heteroatoms. The minimum absolute atomic E-state index is 0.